The predicted octanol–water partition coefficient (Wildman–Crippen LogP) is 0.460. The van der Waals surface area contributed by atoms with E-state index in [4.69, 9.17) is 5.73 Å². The van der Waals surface area contributed by atoms with Crippen LogP contribution in [0.3, 0.4) is 0 Å². The third-order valence-electron chi connectivity index (χ3n) is 2.99. The quantitative estimate of drug-likeness (QED) is 0.760. The van der Waals surface area contributed by atoms with E-state index in [0.29, 0.717) is 22.3 Å². The maximum Gasteiger partial charge on any atom is 0.243 e. The van der Waals surface area contributed by atoms with Crippen LogP contribution >= 0.6 is 15.9 Å². The molecule has 1 aromatic rings. The summed E-state index contributed by atoms with van der Waals surface area (Å²) in [7, 11) is -3.71. The number of sulfonamides is 1. The van der Waals surface area contributed by atoms with Gasteiger partial charge in [0.1, 0.15) is 0 Å². The molecule has 2 rings (SSSR count). The fraction of sp³-hybridized carbons (Fsp3) is 0.364. The minimum absolute atomic E-state index is 0.133. The molecule has 0 bridgehead atoms. The van der Waals surface area contributed by atoms with E-state index >= 15 is 0 Å². The molecule has 1 aromatic carbocycles. The van der Waals surface area contributed by atoms with Crippen LogP contribution in [0.25, 0.3) is 0 Å². The standard InChI is InChI=1S/C11H14BrN3O3S/c1-7-9(13)4-8(12)5-10(7)19(17,18)15-3-2-14-11(16)6-15/h4-5H,2-3,6,13H2,1H3,(H,14,16). The highest BCUT2D eigenvalue weighted by molar-refractivity contribution is 9.10. The van der Waals surface area contributed by atoms with Crippen LogP contribution in [0.1, 0.15) is 5.56 Å². The number of nitrogens with one attached hydrogen (secondary N) is 1. The first-order valence-corrected chi connectivity index (χ1v) is 7.88. The summed E-state index contributed by atoms with van der Waals surface area (Å²) in [5, 5.41) is 2.59. The van der Waals surface area contributed by atoms with E-state index in [0.717, 1.165) is 0 Å². The lowest BCUT2D eigenvalue weighted by atomic mass is 10.2. The molecule has 1 heterocycles. The van der Waals surface area contributed by atoms with E-state index in [1.165, 1.54) is 10.4 Å². The Kier molecular flexibility index (Phi) is 3.84. The molecule has 6 nitrogen and oxygen atoms in total. The molecule has 0 spiro atoms. The molecule has 1 aliphatic rings. The van der Waals surface area contributed by atoms with Crippen LogP contribution in [0.4, 0.5) is 5.69 Å². The summed E-state index contributed by atoms with van der Waals surface area (Å²) in [6, 6.07) is 3.16. The highest BCUT2D eigenvalue weighted by Crippen LogP contribution is 2.28. The zero-order chi connectivity index (χ0) is 14.2. The van der Waals surface area contributed by atoms with Crippen molar-refractivity contribution in [1.82, 2.24) is 9.62 Å². The van der Waals surface area contributed by atoms with Gasteiger partial charge in [0.2, 0.25) is 15.9 Å². The molecule has 1 aliphatic heterocycles. The topological polar surface area (TPSA) is 92.5 Å². The number of anilines is 1. The van der Waals surface area contributed by atoms with Gasteiger partial charge in [-0.25, -0.2) is 8.42 Å². The van der Waals surface area contributed by atoms with Gasteiger partial charge in [-0.05, 0) is 24.6 Å². The number of hydrogen-bond acceptors (Lipinski definition) is 4. The predicted molar refractivity (Wildman–Crippen MR) is 75.1 cm³/mol. The summed E-state index contributed by atoms with van der Waals surface area (Å²) in [5.41, 5.74) is 6.67. The number of benzene rings is 1. The minimum atomic E-state index is -3.71. The van der Waals surface area contributed by atoms with Crippen molar-refractivity contribution in [3.05, 3.63) is 22.2 Å². The molecule has 1 fully saturated rings. The second-order valence-corrected chi connectivity index (χ2v) is 7.13. The zero-order valence-electron chi connectivity index (χ0n) is 10.3. The van der Waals surface area contributed by atoms with E-state index in [1.807, 2.05) is 0 Å². The van der Waals surface area contributed by atoms with Gasteiger partial charge in [-0.1, -0.05) is 15.9 Å². The van der Waals surface area contributed by atoms with Crippen LogP contribution in [0.5, 0.6) is 0 Å². The summed E-state index contributed by atoms with van der Waals surface area (Å²) in [4.78, 5) is 11.5. The fourth-order valence-corrected chi connectivity index (χ4v) is 4.21. The first-order valence-electron chi connectivity index (χ1n) is 5.65. The zero-order valence-corrected chi connectivity index (χ0v) is 12.7. The molecule has 1 saturated heterocycles. The third-order valence-corrected chi connectivity index (χ3v) is 5.42. The van der Waals surface area contributed by atoms with Crippen LogP contribution in [0, 0.1) is 6.92 Å². The van der Waals surface area contributed by atoms with Crippen molar-refractivity contribution in [1.29, 1.82) is 0 Å². The van der Waals surface area contributed by atoms with E-state index in [9.17, 15) is 13.2 Å². The smallest absolute Gasteiger partial charge is 0.243 e. The van der Waals surface area contributed by atoms with Gasteiger partial charge in [0.15, 0.2) is 0 Å². The first kappa shape index (κ1) is 14.3. The molecule has 0 atom stereocenters. The Morgan fingerprint density at radius 2 is 2.11 bits per heavy atom. The van der Waals surface area contributed by atoms with Crippen LogP contribution in [-0.4, -0.2) is 38.3 Å². The van der Waals surface area contributed by atoms with Gasteiger partial charge < -0.3 is 11.1 Å². The van der Waals surface area contributed by atoms with Crippen LogP contribution in [0.2, 0.25) is 0 Å². The number of nitrogens with zero attached hydrogens (tertiary/aromatic N) is 1. The van der Waals surface area contributed by atoms with Gasteiger partial charge in [0, 0.05) is 23.2 Å². The molecular formula is C11H14BrN3O3S. The van der Waals surface area contributed by atoms with Gasteiger partial charge in [0.05, 0.1) is 11.4 Å². The summed E-state index contributed by atoms with van der Waals surface area (Å²) < 4.78 is 26.8. The Hall–Kier alpha value is -1.12. The lowest BCUT2D eigenvalue weighted by Crippen LogP contribution is -2.49. The Labute approximate surface area is 120 Å². The lowest BCUT2D eigenvalue weighted by Gasteiger charge is -2.26. The SMILES string of the molecule is Cc1c(N)cc(Br)cc1S(=O)(=O)N1CCNC(=O)C1. The third kappa shape index (κ3) is 2.75. The van der Waals surface area contributed by atoms with Crippen molar-refractivity contribution in [3.63, 3.8) is 0 Å². The van der Waals surface area contributed by atoms with Crippen molar-refractivity contribution >= 4 is 37.5 Å². The second kappa shape index (κ2) is 5.10. The molecule has 1 amide bonds. The average molecular weight is 348 g/mol. The Morgan fingerprint density at radius 1 is 1.42 bits per heavy atom. The van der Waals surface area contributed by atoms with Gasteiger partial charge in [0.25, 0.3) is 0 Å². The minimum Gasteiger partial charge on any atom is -0.398 e. The normalized spacial score (nSPS) is 17.3. The largest absolute Gasteiger partial charge is 0.398 e. The number of carbonyl (C=O) groups is 1. The highest BCUT2D eigenvalue weighted by Gasteiger charge is 2.30. The van der Waals surface area contributed by atoms with Crippen molar-refractivity contribution in [2.45, 2.75) is 11.8 Å². The molecule has 0 aliphatic carbocycles. The maximum absolute atomic E-state index is 12.5. The monoisotopic (exact) mass is 347 g/mol. The van der Waals surface area contributed by atoms with Crippen molar-refractivity contribution in [2.75, 3.05) is 25.4 Å². The van der Waals surface area contributed by atoms with Gasteiger partial charge in [-0.3, -0.25) is 4.79 Å². The first-order chi connectivity index (χ1) is 8.82. The molecule has 104 valence electrons. The number of rotatable bonds is 2. The number of nitrogen functional groups attached to an aromatic ring is 1. The van der Waals surface area contributed by atoms with Crippen molar-refractivity contribution < 1.29 is 13.2 Å². The number of carbonyl (C=O) groups excluding carboxylic acids is 1. The number of amides is 1. The van der Waals surface area contributed by atoms with Crippen molar-refractivity contribution in [3.8, 4) is 0 Å². The number of nitrogens with two attached hydrogens (primary N) is 1. The summed E-state index contributed by atoms with van der Waals surface area (Å²) >= 11 is 3.23. The van der Waals surface area contributed by atoms with Crippen LogP contribution in [0.15, 0.2) is 21.5 Å². The molecule has 0 aromatic heterocycles. The lowest BCUT2D eigenvalue weighted by molar-refractivity contribution is -0.122. The van der Waals surface area contributed by atoms with E-state index < -0.39 is 10.0 Å². The Bertz CT molecular complexity index is 630. The van der Waals surface area contributed by atoms with Gasteiger partial charge in [-0.15, -0.1) is 0 Å². The van der Waals surface area contributed by atoms with Gasteiger partial charge in [-0.2, -0.15) is 4.31 Å². The molecule has 8 heteroatoms. The molecule has 0 unspecified atom stereocenters. The second-order valence-electron chi connectivity index (χ2n) is 4.31. The number of piperazine rings is 1. The van der Waals surface area contributed by atoms with Gasteiger partial charge >= 0.3 is 0 Å². The molecule has 0 saturated carbocycles. The van der Waals surface area contributed by atoms with E-state index in [-0.39, 0.29) is 23.9 Å². The molecular weight excluding hydrogens is 334 g/mol. The maximum atomic E-state index is 12.5. The van der Waals surface area contributed by atoms with E-state index in [1.54, 1.807) is 13.0 Å². The molecule has 0 radical (unpaired) electrons. The number of halogens is 1. The van der Waals surface area contributed by atoms with Crippen molar-refractivity contribution in [2.24, 2.45) is 0 Å². The summed E-state index contributed by atoms with van der Waals surface area (Å²) in [6.07, 6.45) is 0. The number of hydrogen-bond donors (Lipinski definition) is 2. The van der Waals surface area contributed by atoms with Crippen LogP contribution < -0.4 is 11.1 Å². The average Bonchev–Trinajstić information content (AvgIpc) is 2.33. The summed E-state index contributed by atoms with van der Waals surface area (Å²) in [6.45, 7) is 2.08. The Balaban J connectivity index is 2.47. The molecule has 3 N–H and O–H groups in total. The fourth-order valence-electron chi connectivity index (χ4n) is 1.90. The van der Waals surface area contributed by atoms with E-state index in [2.05, 4.69) is 21.2 Å². The highest BCUT2D eigenvalue weighted by atomic mass is 79.9. The van der Waals surface area contributed by atoms with Crippen LogP contribution in [-0.2, 0) is 14.8 Å². The Morgan fingerprint density at radius 3 is 2.74 bits per heavy atom. The molecule has 19 heavy (non-hydrogen) atoms. The summed E-state index contributed by atoms with van der Waals surface area (Å²) in [5.74, 6) is -0.296.